The van der Waals surface area contributed by atoms with E-state index < -0.39 is 0 Å². The molecule has 0 radical (unpaired) electrons. The van der Waals surface area contributed by atoms with Crippen LogP contribution in [-0.2, 0) is 11.3 Å². The van der Waals surface area contributed by atoms with Gasteiger partial charge in [-0.25, -0.2) is 4.98 Å². The lowest BCUT2D eigenvalue weighted by molar-refractivity contribution is -0.121. The number of aromatic nitrogens is 1. The third kappa shape index (κ3) is 4.09. The van der Waals surface area contributed by atoms with Crippen molar-refractivity contribution in [2.75, 3.05) is 20.1 Å². The van der Waals surface area contributed by atoms with Gasteiger partial charge < -0.3 is 9.73 Å². The fourth-order valence-corrected chi connectivity index (χ4v) is 3.95. The molecule has 5 heteroatoms. The molecule has 2 aromatic carbocycles. The molecule has 1 aromatic heterocycles. The van der Waals surface area contributed by atoms with Gasteiger partial charge in [-0.2, -0.15) is 0 Å². The molecule has 0 unspecified atom stereocenters. The molecule has 146 valence electrons. The smallest absolute Gasteiger partial charge is 0.226 e. The van der Waals surface area contributed by atoms with E-state index in [-0.39, 0.29) is 5.91 Å². The lowest BCUT2D eigenvalue weighted by Gasteiger charge is -2.31. The van der Waals surface area contributed by atoms with Crippen LogP contribution in [0.2, 0.25) is 0 Å². The monoisotopic (exact) mass is 377 g/mol. The molecular weight excluding hydrogens is 350 g/mol. The van der Waals surface area contributed by atoms with Crippen molar-refractivity contribution in [2.45, 2.75) is 32.7 Å². The number of nitrogens with zero attached hydrogens (tertiary/aromatic N) is 2. The number of likely N-dealkylation sites (tertiary alicyclic amines) is 1. The number of aryl methyl sites for hydroxylation is 1. The van der Waals surface area contributed by atoms with Gasteiger partial charge in [-0.3, -0.25) is 9.69 Å². The summed E-state index contributed by atoms with van der Waals surface area (Å²) in [5.41, 5.74) is 2.02. The molecule has 0 aliphatic carbocycles. The summed E-state index contributed by atoms with van der Waals surface area (Å²) >= 11 is 0. The fourth-order valence-electron chi connectivity index (χ4n) is 3.95. The standard InChI is InChI=1S/C23H27N3O2/c1-16-21(15-26-11-9-17(10-12-26)13-22(27)24-2)25-23(28-16)20-8-7-18-5-3-4-6-19(18)14-20/h3-8,14,17H,9-13,15H2,1-2H3,(H,24,27). The highest BCUT2D eigenvalue weighted by Gasteiger charge is 2.23. The van der Waals surface area contributed by atoms with Crippen molar-refractivity contribution in [3.63, 3.8) is 0 Å². The van der Waals surface area contributed by atoms with Gasteiger partial charge in [0.1, 0.15) is 5.76 Å². The van der Waals surface area contributed by atoms with E-state index in [1.807, 2.05) is 19.1 Å². The maximum Gasteiger partial charge on any atom is 0.226 e. The van der Waals surface area contributed by atoms with Crippen LogP contribution in [0.3, 0.4) is 0 Å². The molecule has 28 heavy (non-hydrogen) atoms. The molecule has 1 fully saturated rings. The molecule has 1 saturated heterocycles. The lowest BCUT2D eigenvalue weighted by Crippen LogP contribution is -2.35. The first-order valence-electron chi connectivity index (χ1n) is 10.0. The second kappa shape index (κ2) is 8.15. The average molecular weight is 377 g/mol. The van der Waals surface area contributed by atoms with Gasteiger partial charge in [-0.15, -0.1) is 0 Å². The highest BCUT2D eigenvalue weighted by Crippen LogP contribution is 2.27. The number of amides is 1. The van der Waals surface area contributed by atoms with Crippen LogP contribution in [0.5, 0.6) is 0 Å². The Balaban J connectivity index is 1.43. The summed E-state index contributed by atoms with van der Waals surface area (Å²) in [4.78, 5) is 18.8. The molecule has 1 N–H and O–H groups in total. The third-order valence-electron chi connectivity index (χ3n) is 5.72. The third-order valence-corrected chi connectivity index (χ3v) is 5.72. The Hall–Kier alpha value is -2.66. The Kier molecular flexibility index (Phi) is 5.44. The zero-order valence-corrected chi connectivity index (χ0v) is 16.6. The van der Waals surface area contributed by atoms with Crippen molar-refractivity contribution in [2.24, 2.45) is 5.92 Å². The van der Waals surface area contributed by atoms with Crippen LogP contribution >= 0.6 is 0 Å². The van der Waals surface area contributed by atoms with Crippen LogP contribution in [0.25, 0.3) is 22.2 Å². The summed E-state index contributed by atoms with van der Waals surface area (Å²) in [6.07, 6.45) is 2.75. The molecule has 0 spiro atoms. The number of carbonyl (C=O) groups excluding carboxylic acids is 1. The van der Waals surface area contributed by atoms with Crippen molar-refractivity contribution in [1.82, 2.24) is 15.2 Å². The second-order valence-electron chi connectivity index (χ2n) is 7.68. The summed E-state index contributed by atoms with van der Waals surface area (Å²) < 4.78 is 5.99. The van der Waals surface area contributed by atoms with Crippen LogP contribution in [0, 0.1) is 12.8 Å². The van der Waals surface area contributed by atoms with Crippen LogP contribution in [0.15, 0.2) is 46.9 Å². The predicted octanol–water partition coefficient (Wildman–Crippen LogP) is 4.15. The number of benzene rings is 2. The first-order valence-corrected chi connectivity index (χ1v) is 10.0. The number of piperidine rings is 1. The number of rotatable bonds is 5. The van der Waals surface area contributed by atoms with Gasteiger partial charge in [0, 0.05) is 25.6 Å². The van der Waals surface area contributed by atoms with E-state index in [0.717, 1.165) is 49.5 Å². The Morgan fingerprint density at radius 2 is 1.93 bits per heavy atom. The predicted molar refractivity (Wildman–Crippen MR) is 111 cm³/mol. The Labute approximate surface area is 165 Å². The highest BCUT2D eigenvalue weighted by molar-refractivity contribution is 5.86. The van der Waals surface area contributed by atoms with E-state index in [1.165, 1.54) is 10.8 Å². The molecule has 4 rings (SSSR count). The SMILES string of the molecule is CNC(=O)CC1CCN(Cc2nc(-c3ccc4ccccc4c3)oc2C)CC1. The Bertz CT molecular complexity index is 971. The van der Waals surface area contributed by atoms with Crippen LogP contribution in [0.1, 0.15) is 30.7 Å². The normalized spacial score (nSPS) is 15.8. The van der Waals surface area contributed by atoms with Crippen molar-refractivity contribution >= 4 is 16.7 Å². The number of fused-ring (bicyclic) bond motifs is 1. The molecule has 1 aliphatic rings. The summed E-state index contributed by atoms with van der Waals surface area (Å²) in [7, 11) is 1.71. The van der Waals surface area contributed by atoms with E-state index in [1.54, 1.807) is 7.05 Å². The van der Waals surface area contributed by atoms with Gasteiger partial charge in [0.15, 0.2) is 0 Å². The first kappa shape index (κ1) is 18.7. The molecule has 5 nitrogen and oxygen atoms in total. The van der Waals surface area contributed by atoms with Crippen molar-refractivity contribution in [3.05, 3.63) is 53.9 Å². The molecule has 2 heterocycles. The summed E-state index contributed by atoms with van der Waals surface area (Å²) in [6, 6.07) is 14.6. The zero-order valence-electron chi connectivity index (χ0n) is 16.6. The molecule has 1 amide bonds. The molecule has 0 atom stereocenters. The molecule has 0 saturated carbocycles. The Morgan fingerprint density at radius 1 is 1.18 bits per heavy atom. The van der Waals surface area contributed by atoms with E-state index in [0.29, 0.717) is 18.2 Å². The number of hydrogen-bond donors (Lipinski definition) is 1. The van der Waals surface area contributed by atoms with E-state index >= 15 is 0 Å². The van der Waals surface area contributed by atoms with Gasteiger partial charge in [0.05, 0.1) is 5.69 Å². The Morgan fingerprint density at radius 3 is 2.68 bits per heavy atom. The van der Waals surface area contributed by atoms with Crippen molar-refractivity contribution in [3.8, 4) is 11.5 Å². The first-order chi connectivity index (χ1) is 13.6. The number of oxazole rings is 1. The molecule has 3 aromatic rings. The van der Waals surface area contributed by atoms with Gasteiger partial charge >= 0.3 is 0 Å². The second-order valence-corrected chi connectivity index (χ2v) is 7.68. The fraction of sp³-hybridized carbons (Fsp3) is 0.391. The van der Waals surface area contributed by atoms with Gasteiger partial charge in [-0.1, -0.05) is 30.3 Å². The van der Waals surface area contributed by atoms with Gasteiger partial charge in [-0.05, 0) is 61.7 Å². The average Bonchev–Trinajstić information content (AvgIpc) is 3.09. The van der Waals surface area contributed by atoms with Gasteiger partial charge in [0.25, 0.3) is 0 Å². The highest BCUT2D eigenvalue weighted by atomic mass is 16.4. The quantitative estimate of drug-likeness (QED) is 0.726. The number of carbonyl (C=O) groups is 1. The molecular formula is C23H27N3O2. The topological polar surface area (TPSA) is 58.4 Å². The van der Waals surface area contributed by atoms with E-state index in [9.17, 15) is 4.79 Å². The number of nitrogens with one attached hydrogen (secondary N) is 1. The minimum absolute atomic E-state index is 0.144. The van der Waals surface area contributed by atoms with Crippen LogP contribution in [0.4, 0.5) is 0 Å². The van der Waals surface area contributed by atoms with E-state index in [2.05, 4.69) is 40.5 Å². The molecule has 0 bridgehead atoms. The summed E-state index contributed by atoms with van der Waals surface area (Å²) in [6.45, 7) is 4.79. The maximum absolute atomic E-state index is 11.6. The summed E-state index contributed by atoms with van der Waals surface area (Å²) in [5, 5.41) is 5.13. The lowest BCUT2D eigenvalue weighted by atomic mass is 9.93. The van der Waals surface area contributed by atoms with Crippen molar-refractivity contribution < 1.29 is 9.21 Å². The zero-order chi connectivity index (χ0) is 19.5. The number of hydrogen-bond acceptors (Lipinski definition) is 4. The van der Waals surface area contributed by atoms with E-state index in [4.69, 9.17) is 9.40 Å². The summed E-state index contributed by atoms with van der Waals surface area (Å²) in [5.74, 6) is 2.21. The maximum atomic E-state index is 11.6. The largest absolute Gasteiger partial charge is 0.441 e. The van der Waals surface area contributed by atoms with Gasteiger partial charge in [0.2, 0.25) is 11.8 Å². The van der Waals surface area contributed by atoms with Crippen LogP contribution in [-0.4, -0.2) is 35.9 Å². The van der Waals surface area contributed by atoms with Crippen molar-refractivity contribution in [1.29, 1.82) is 0 Å². The minimum atomic E-state index is 0.144. The molecule has 1 aliphatic heterocycles. The minimum Gasteiger partial charge on any atom is -0.441 e. The van der Waals surface area contributed by atoms with Crippen LogP contribution < -0.4 is 5.32 Å².